The molecule has 1 N–H and O–H groups in total. The molecule has 2 aliphatic carbocycles. The predicted molar refractivity (Wildman–Crippen MR) is 81.3 cm³/mol. The molecule has 1 aromatic rings. The van der Waals surface area contributed by atoms with E-state index >= 15 is 0 Å². The summed E-state index contributed by atoms with van der Waals surface area (Å²) < 4.78 is 0. The van der Waals surface area contributed by atoms with Gasteiger partial charge in [0.15, 0.2) is 0 Å². The predicted octanol–water partition coefficient (Wildman–Crippen LogP) is 4.65. The molecule has 19 heavy (non-hydrogen) atoms. The summed E-state index contributed by atoms with van der Waals surface area (Å²) in [6.07, 6.45) is 6.93. The van der Waals surface area contributed by atoms with Crippen LogP contribution in [0.15, 0.2) is 24.3 Å². The fraction of sp³-hybridized carbons (Fsp3) is 0.667. The average Bonchev–Trinajstić information content (AvgIpc) is 2.84. The van der Waals surface area contributed by atoms with Gasteiger partial charge < -0.3 is 5.32 Å². The lowest BCUT2D eigenvalue weighted by atomic mass is 9.81. The van der Waals surface area contributed by atoms with Crippen LogP contribution in [0.25, 0.3) is 0 Å². The molecule has 1 aromatic carbocycles. The zero-order valence-corrected chi connectivity index (χ0v) is 12.4. The second kappa shape index (κ2) is 5.66. The molecule has 4 atom stereocenters. The molecular formula is C18H27N. The Bertz CT molecular complexity index is 425. The molecule has 1 nitrogen and oxygen atoms in total. The van der Waals surface area contributed by atoms with Gasteiger partial charge in [-0.3, -0.25) is 0 Å². The van der Waals surface area contributed by atoms with Crippen LogP contribution >= 0.6 is 0 Å². The molecule has 0 aliphatic heterocycles. The van der Waals surface area contributed by atoms with Crippen LogP contribution in [0.1, 0.15) is 69.0 Å². The molecule has 0 aromatic heterocycles. The van der Waals surface area contributed by atoms with E-state index in [2.05, 4.69) is 43.4 Å². The van der Waals surface area contributed by atoms with Gasteiger partial charge in [-0.05, 0) is 61.1 Å². The van der Waals surface area contributed by atoms with E-state index < -0.39 is 0 Å². The van der Waals surface area contributed by atoms with Gasteiger partial charge in [-0.2, -0.15) is 0 Å². The van der Waals surface area contributed by atoms with Crippen LogP contribution in [-0.4, -0.2) is 6.54 Å². The maximum Gasteiger partial charge on any atom is 0.0323 e. The van der Waals surface area contributed by atoms with Crippen molar-refractivity contribution in [3.05, 3.63) is 35.4 Å². The van der Waals surface area contributed by atoms with Crippen LogP contribution in [0.2, 0.25) is 0 Å². The molecule has 1 saturated carbocycles. The lowest BCUT2D eigenvalue weighted by molar-refractivity contribution is 0.385. The molecule has 2 aliphatic rings. The van der Waals surface area contributed by atoms with E-state index in [-0.39, 0.29) is 0 Å². The Balaban J connectivity index is 1.64. The van der Waals surface area contributed by atoms with Gasteiger partial charge >= 0.3 is 0 Å². The molecule has 0 radical (unpaired) electrons. The van der Waals surface area contributed by atoms with Gasteiger partial charge in [-0.15, -0.1) is 0 Å². The number of rotatable bonds is 3. The van der Waals surface area contributed by atoms with Crippen LogP contribution in [0.4, 0.5) is 0 Å². The first kappa shape index (κ1) is 13.2. The second-order valence-electron chi connectivity index (χ2n) is 6.85. The lowest BCUT2D eigenvalue weighted by Gasteiger charge is -2.31. The lowest BCUT2D eigenvalue weighted by Crippen LogP contribution is -2.29. The molecule has 0 spiro atoms. The third-order valence-corrected chi connectivity index (χ3v) is 5.25. The topological polar surface area (TPSA) is 12.0 Å². The minimum Gasteiger partial charge on any atom is -0.310 e. The van der Waals surface area contributed by atoms with Crippen molar-refractivity contribution in [2.75, 3.05) is 6.54 Å². The second-order valence-corrected chi connectivity index (χ2v) is 6.85. The third kappa shape index (κ3) is 2.86. The molecule has 0 amide bonds. The van der Waals surface area contributed by atoms with Crippen LogP contribution in [0.3, 0.4) is 0 Å². The maximum absolute atomic E-state index is 3.86. The van der Waals surface area contributed by atoms with Gasteiger partial charge in [0, 0.05) is 6.04 Å². The monoisotopic (exact) mass is 257 g/mol. The number of nitrogens with one attached hydrogen (secondary N) is 1. The molecule has 1 fully saturated rings. The SMILES string of the molecule is CC1CCC(CNC2CCC(C)c3ccccc32)C1. The molecule has 0 heterocycles. The summed E-state index contributed by atoms with van der Waals surface area (Å²) in [5.41, 5.74) is 3.14. The van der Waals surface area contributed by atoms with Crippen LogP contribution in [0.5, 0.6) is 0 Å². The van der Waals surface area contributed by atoms with E-state index in [0.29, 0.717) is 6.04 Å². The normalized spacial score (nSPS) is 34.2. The highest BCUT2D eigenvalue weighted by atomic mass is 14.9. The summed E-state index contributed by atoms with van der Waals surface area (Å²) >= 11 is 0. The molecule has 0 bridgehead atoms. The van der Waals surface area contributed by atoms with E-state index in [1.54, 1.807) is 11.1 Å². The van der Waals surface area contributed by atoms with Crippen molar-refractivity contribution in [2.45, 2.75) is 57.9 Å². The van der Waals surface area contributed by atoms with E-state index in [1.165, 1.54) is 38.6 Å². The minimum absolute atomic E-state index is 0.600. The zero-order chi connectivity index (χ0) is 13.2. The van der Waals surface area contributed by atoms with Crippen molar-refractivity contribution < 1.29 is 0 Å². The fourth-order valence-corrected chi connectivity index (χ4v) is 4.04. The maximum atomic E-state index is 3.86. The first-order chi connectivity index (χ1) is 9.24. The highest BCUT2D eigenvalue weighted by Gasteiger charge is 2.26. The largest absolute Gasteiger partial charge is 0.310 e. The van der Waals surface area contributed by atoms with E-state index in [0.717, 1.165) is 17.8 Å². The van der Waals surface area contributed by atoms with E-state index in [9.17, 15) is 0 Å². The Morgan fingerprint density at radius 2 is 1.79 bits per heavy atom. The summed E-state index contributed by atoms with van der Waals surface area (Å²) in [5, 5.41) is 3.86. The summed E-state index contributed by atoms with van der Waals surface area (Å²) in [6, 6.07) is 9.65. The third-order valence-electron chi connectivity index (χ3n) is 5.25. The van der Waals surface area contributed by atoms with Crippen molar-refractivity contribution in [3.63, 3.8) is 0 Å². The average molecular weight is 257 g/mol. The summed E-state index contributed by atoms with van der Waals surface area (Å²) in [5.74, 6) is 2.60. The van der Waals surface area contributed by atoms with Crippen molar-refractivity contribution in [1.29, 1.82) is 0 Å². The molecular weight excluding hydrogens is 230 g/mol. The zero-order valence-electron chi connectivity index (χ0n) is 12.4. The minimum atomic E-state index is 0.600. The van der Waals surface area contributed by atoms with Gasteiger partial charge in [0.25, 0.3) is 0 Å². The molecule has 0 saturated heterocycles. The summed E-state index contributed by atoms with van der Waals surface area (Å²) in [6.45, 7) is 5.99. The Morgan fingerprint density at radius 3 is 2.53 bits per heavy atom. The van der Waals surface area contributed by atoms with E-state index in [1.807, 2.05) is 0 Å². The summed E-state index contributed by atoms with van der Waals surface area (Å²) in [4.78, 5) is 0. The van der Waals surface area contributed by atoms with Gasteiger partial charge in [0.05, 0.1) is 0 Å². The van der Waals surface area contributed by atoms with Crippen molar-refractivity contribution in [1.82, 2.24) is 5.32 Å². The Kier molecular flexibility index (Phi) is 3.93. The number of hydrogen-bond donors (Lipinski definition) is 1. The van der Waals surface area contributed by atoms with Crippen molar-refractivity contribution >= 4 is 0 Å². The highest BCUT2D eigenvalue weighted by Crippen LogP contribution is 2.37. The number of benzene rings is 1. The Labute approximate surface area is 117 Å². The Morgan fingerprint density at radius 1 is 1.00 bits per heavy atom. The smallest absolute Gasteiger partial charge is 0.0323 e. The van der Waals surface area contributed by atoms with Crippen LogP contribution in [-0.2, 0) is 0 Å². The van der Waals surface area contributed by atoms with Crippen LogP contribution < -0.4 is 5.32 Å². The first-order valence-electron chi connectivity index (χ1n) is 8.06. The fourth-order valence-electron chi connectivity index (χ4n) is 4.04. The van der Waals surface area contributed by atoms with E-state index in [4.69, 9.17) is 0 Å². The molecule has 4 unspecified atom stereocenters. The number of hydrogen-bond acceptors (Lipinski definition) is 1. The van der Waals surface area contributed by atoms with Crippen molar-refractivity contribution in [3.8, 4) is 0 Å². The van der Waals surface area contributed by atoms with Gasteiger partial charge in [-0.25, -0.2) is 0 Å². The molecule has 1 heteroatoms. The molecule has 104 valence electrons. The van der Waals surface area contributed by atoms with Crippen molar-refractivity contribution in [2.24, 2.45) is 11.8 Å². The van der Waals surface area contributed by atoms with Crippen LogP contribution in [0, 0.1) is 11.8 Å². The Hall–Kier alpha value is -0.820. The summed E-state index contributed by atoms with van der Waals surface area (Å²) in [7, 11) is 0. The van der Waals surface area contributed by atoms with Gasteiger partial charge in [0.1, 0.15) is 0 Å². The standard InChI is InChI=1S/C18H27N/c1-13-7-9-15(11-13)12-19-18-10-8-14(2)16-5-3-4-6-17(16)18/h3-6,13-15,18-19H,7-12H2,1-2H3. The van der Waals surface area contributed by atoms with Gasteiger partial charge in [-0.1, -0.05) is 44.5 Å². The first-order valence-corrected chi connectivity index (χ1v) is 8.06. The highest BCUT2D eigenvalue weighted by molar-refractivity contribution is 5.34. The molecule has 3 rings (SSSR count). The van der Waals surface area contributed by atoms with Gasteiger partial charge in [0.2, 0.25) is 0 Å². The number of fused-ring (bicyclic) bond motifs is 1. The quantitative estimate of drug-likeness (QED) is 0.831.